The molecule has 2 aliphatic heterocycles. The van der Waals surface area contributed by atoms with E-state index in [4.69, 9.17) is 29.2 Å². The molecule has 0 spiro atoms. The van der Waals surface area contributed by atoms with Crippen LogP contribution < -0.4 is 15.1 Å². The van der Waals surface area contributed by atoms with E-state index in [0.717, 1.165) is 42.4 Å². The Kier molecular flexibility index (Phi) is 4.62. The van der Waals surface area contributed by atoms with Crippen LogP contribution >= 0.6 is 35.8 Å². The van der Waals surface area contributed by atoms with Gasteiger partial charge in [-0.05, 0) is 79.1 Å². The van der Waals surface area contributed by atoms with Crippen molar-refractivity contribution in [2.75, 3.05) is 28.2 Å². The van der Waals surface area contributed by atoms with Gasteiger partial charge in [-0.25, -0.2) is 0 Å². The third kappa shape index (κ3) is 3.36. The molecule has 0 aliphatic carbocycles. The number of anilines is 3. The van der Waals surface area contributed by atoms with Crippen molar-refractivity contribution < 1.29 is 4.74 Å². The van der Waals surface area contributed by atoms with Gasteiger partial charge in [-0.15, -0.1) is 11.3 Å². The Morgan fingerprint density at radius 1 is 1.20 bits per heavy atom. The Balaban J connectivity index is 1.63. The lowest BCUT2D eigenvalue weighted by molar-refractivity contribution is 0.217. The molecule has 1 saturated heterocycles. The lowest BCUT2D eigenvalue weighted by Crippen LogP contribution is -2.49. The number of ether oxygens (including phenoxy) is 1. The van der Waals surface area contributed by atoms with Crippen LogP contribution in [0.1, 0.15) is 18.9 Å². The zero-order valence-corrected chi connectivity index (χ0v) is 16.3. The predicted molar refractivity (Wildman–Crippen MR) is 113 cm³/mol. The first-order valence-electron chi connectivity index (χ1n) is 8.35. The quantitative estimate of drug-likeness (QED) is 0.765. The molecule has 1 atom stereocenters. The highest BCUT2D eigenvalue weighted by molar-refractivity contribution is 7.81. The summed E-state index contributed by atoms with van der Waals surface area (Å²) in [5.41, 5.74) is 3.36. The van der Waals surface area contributed by atoms with Crippen molar-refractivity contribution in [3.05, 3.63) is 41.3 Å². The van der Waals surface area contributed by atoms with Crippen LogP contribution in [0.4, 0.5) is 16.4 Å². The summed E-state index contributed by atoms with van der Waals surface area (Å²) in [5.74, 6) is 0. The van der Waals surface area contributed by atoms with Crippen molar-refractivity contribution in [3.8, 4) is 0 Å². The number of nitrogens with one attached hydrogen (secondary N) is 1. The molecule has 1 fully saturated rings. The second-order valence-electron chi connectivity index (χ2n) is 6.28. The number of benzene rings is 1. The zero-order chi connectivity index (χ0) is 17.4. The van der Waals surface area contributed by atoms with Gasteiger partial charge >= 0.3 is 0 Å². The standard InChI is InChI=1S/C18H19N3OS3/c1-12-10-13-11-14(5-6-15(13)19-17(23)22-12)20-7-3-8-21(18(20)24)16-4-2-9-25-16/h2,4-6,9,11-12H,3,7-8,10H2,1H3,(H,19,23). The average Bonchev–Trinajstić information content (AvgIpc) is 3.06. The molecule has 1 aromatic heterocycles. The number of thiocarbonyl (C=S) groups is 2. The SMILES string of the molecule is CC1Cc2cc(N3CCCN(c4cccs4)C3=S)ccc2NC(=S)O1. The van der Waals surface area contributed by atoms with E-state index in [1.165, 1.54) is 10.6 Å². The molecule has 4 nitrogen and oxygen atoms in total. The highest BCUT2D eigenvalue weighted by atomic mass is 32.1. The van der Waals surface area contributed by atoms with Gasteiger partial charge in [-0.1, -0.05) is 0 Å². The van der Waals surface area contributed by atoms with Crippen molar-refractivity contribution in [1.82, 2.24) is 0 Å². The smallest absolute Gasteiger partial charge is 0.261 e. The Morgan fingerprint density at radius 3 is 2.84 bits per heavy atom. The first kappa shape index (κ1) is 16.8. The van der Waals surface area contributed by atoms with Crippen LogP contribution in [0.5, 0.6) is 0 Å². The third-order valence-corrected chi connectivity index (χ3v) is 5.98. The van der Waals surface area contributed by atoms with Gasteiger partial charge in [0.1, 0.15) is 6.10 Å². The van der Waals surface area contributed by atoms with Gasteiger partial charge in [-0.2, -0.15) is 0 Å². The monoisotopic (exact) mass is 389 g/mol. The Hall–Kier alpha value is -1.70. The molecule has 2 aromatic rings. The fourth-order valence-electron chi connectivity index (χ4n) is 3.30. The summed E-state index contributed by atoms with van der Waals surface area (Å²) in [6.07, 6.45) is 1.97. The molecule has 7 heteroatoms. The maximum Gasteiger partial charge on any atom is 0.261 e. The fraction of sp³-hybridized carbons (Fsp3) is 0.333. The van der Waals surface area contributed by atoms with E-state index < -0.39 is 0 Å². The molecule has 3 heterocycles. The normalized spacial score (nSPS) is 20.6. The van der Waals surface area contributed by atoms with Gasteiger partial charge in [-0.3, -0.25) is 0 Å². The number of hydrogen-bond donors (Lipinski definition) is 1. The molecule has 0 saturated carbocycles. The molecular formula is C18H19N3OS3. The van der Waals surface area contributed by atoms with Crippen LogP contribution in [0.3, 0.4) is 0 Å². The van der Waals surface area contributed by atoms with E-state index in [9.17, 15) is 0 Å². The summed E-state index contributed by atoms with van der Waals surface area (Å²) in [5, 5.41) is 7.79. The Bertz CT molecular complexity index is 806. The van der Waals surface area contributed by atoms with Crippen LogP contribution in [-0.2, 0) is 11.2 Å². The van der Waals surface area contributed by atoms with Crippen LogP contribution in [-0.4, -0.2) is 29.5 Å². The maximum absolute atomic E-state index is 5.80. The van der Waals surface area contributed by atoms with Gasteiger partial charge in [0.15, 0.2) is 5.11 Å². The molecular weight excluding hydrogens is 370 g/mol. The average molecular weight is 390 g/mol. The summed E-state index contributed by atoms with van der Waals surface area (Å²) in [4.78, 5) is 4.46. The molecule has 1 aromatic carbocycles. The van der Waals surface area contributed by atoms with Crippen molar-refractivity contribution >= 4 is 62.4 Å². The molecule has 0 bridgehead atoms. The predicted octanol–water partition coefficient (Wildman–Crippen LogP) is 4.41. The number of fused-ring (bicyclic) bond motifs is 1. The highest BCUT2D eigenvalue weighted by Gasteiger charge is 2.26. The number of nitrogens with zero attached hydrogens (tertiary/aromatic N) is 2. The molecule has 0 radical (unpaired) electrons. The summed E-state index contributed by atoms with van der Waals surface area (Å²) < 4.78 is 5.64. The number of thiophene rings is 1. The van der Waals surface area contributed by atoms with Gasteiger partial charge in [0.25, 0.3) is 5.17 Å². The minimum absolute atomic E-state index is 0.0624. The van der Waals surface area contributed by atoms with Crippen molar-refractivity contribution in [2.45, 2.75) is 25.9 Å². The minimum atomic E-state index is 0.0624. The zero-order valence-electron chi connectivity index (χ0n) is 13.9. The number of hydrogen-bond acceptors (Lipinski definition) is 4. The molecule has 0 amide bonds. The molecule has 1 N–H and O–H groups in total. The Morgan fingerprint density at radius 2 is 2.04 bits per heavy atom. The van der Waals surface area contributed by atoms with E-state index in [1.54, 1.807) is 11.3 Å². The van der Waals surface area contributed by atoms with E-state index >= 15 is 0 Å². The topological polar surface area (TPSA) is 27.7 Å². The van der Waals surface area contributed by atoms with E-state index in [0.29, 0.717) is 5.17 Å². The summed E-state index contributed by atoms with van der Waals surface area (Å²) in [7, 11) is 0. The molecule has 130 valence electrons. The first-order valence-corrected chi connectivity index (χ1v) is 10.0. The van der Waals surface area contributed by atoms with Crippen molar-refractivity contribution in [2.24, 2.45) is 0 Å². The molecule has 1 unspecified atom stereocenters. The highest BCUT2D eigenvalue weighted by Crippen LogP contribution is 2.31. The lowest BCUT2D eigenvalue weighted by Gasteiger charge is -2.38. The van der Waals surface area contributed by atoms with E-state index in [-0.39, 0.29) is 6.10 Å². The molecule has 2 aliphatic rings. The van der Waals surface area contributed by atoms with Crippen LogP contribution in [0, 0.1) is 0 Å². The van der Waals surface area contributed by atoms with Crippen molar-refractivity contribution in [1.29, 1.82) is 0 Å². The van der Waals surface area contributed by atoms with Crippen LogP contribution in [0.2, 0.25) is 0 Å². The third-order valence-electron chi connectivity index (χ3n) is 4.45. The van der Waals surface area contributed by atoms with E-state index in [2.05, 4.69) is 50.8 Å². The largest absolute Gasteiger partial charge is 0.467 e. The Labute approximate surface area is 162 Å². The molecule has 4 rings (SSSR count). The minimum Gasteiger partial charge on any atom is -0.467 e. The molecule has 25 heavy (non-hydrogen) atoms. The summed E-state index contributed by atoms with van der Waals surface area (Å²) in [6.45, 7) is 3.96. The van der Waals surface area contributed by atoms with Crippen LogP contribution in [0.15, 0.2) is 35.7 Å². The number of rotatable bonds is 2. The first-order chi connectivity index (χ1) is 12.1. The summed E-state index contributed by atoms with van der Waals surface area (Å²) >= 11 is 12.7. The fourth-order valence-corrected chi connectivity index (χ4v) is 4.78. The maximum atomic E-state index is 5.80. The van der Waals surface area contributed by atoms with Gasteiger partial charge < -0.3 is 19.9 Å². The van der Waals surface area contributed by atoms with Crippen LogP contribution in [0.25, 0.3) is 0 Å². The van der Waals surface area contributed by atoms with Gasteiger partial charge in [0.05, 0.1) is 5.00 Å². The van der Waals surface area contributed by atoms with Gasteiger partial charge in [0.2, 0.25) is 0 Å². The van der Waals surface area contributed by atoms with Gasteiger partial charge in [0, 0.05) is 30.9 Å². The van der Waals surface area contributed by atoms with E-state index in [1.807, 2.05) is 6.92 Å². The second kappa shape index (κ2) is 6.90. The van der Waals surface area contributed by atoms with Crippen molar-refractivity contribution in [3.63, 3.8) is 0 Å². The second-order valence-corrected chi connectivity index (χ2v) is 7.94. The lowest BCUT2D eigenvalue weighted by atomic mass is 10.0. The summed E-state index contributed by atoms with van der Waals surface area (Å²) in [6, 6.07) is 10.6.